The second-order valence-electron chi connectivity index (χ2n) is 5.40. The Hall–Kier alpha value is -0.910. The minimum atomic E-state index is -3.43. The molecule has 1 aliphatic rings. The van der Waals surface area contributed by atoms with E-state index in [4.69, 9.17) is 5.73 Å². The molecular weight excluding hydrogens is 260 g/mol. The molecule has 106 valence electrons. The molecule has 19 heavy (non-hydrogen) atoms. The van der Waals surface area contributed by atoms with Crippen LogP contribution in [0.25, 0.3) is 0 Å². The molecule has 0 spiro atoms. The highest BCUT2D eigenvalue weighted by Gasteiger charge is 2.30. The van der Waals surface area contributed by atoms with Crippen LogP contribution in [0.3, 0.4) is 0 Å². The smallest absolute Gasteiger partial charge is 0.240 e. The third-order valence-corrected chi connectivity index (χ3v) is 5.54. The van der Waals surface area contributed by atoms with Gasteiger partial charge in [-0.15, -0.1) is 0 Å². The molecule has 4 nitrogen and oxygen atoms in total. The lowest BCUT2D eigenvalue weighted by Crippen LogP contribution is -2.39. The van der Waals surface area contributed by atoms with Crippen LogP contribution in [-0.2, 0) is 10.0 Å². The highest BCUT2D eigenvalue weighted by atomic mass is 32.2. The molecule has 0 radical (unpaired) electrons. The Balaban J connectivity index is 2.20. The molecule has 0 saturated heterocycles. The fraction of sp³-hybridized carbons (Fsp3) is 0.571. The number of aryl methyl sites for hydroxylation is 2. The van der Waals surface area contributed by atoms with Crippen molar-refractivity contribution in [2.45, 2.75) is 44.0 Å². The Morgan fingerprint density at radius 1 is 1.26 bits per heavy atom. The summed E-state index contributed by atoms with van der Waals surface area (Å²) >= 11 is 0. The molecule has 0 heterocycles. The van der Waals surface area contributed by atoms with Crippen molar-refractivity contribution in [3.05, 3.63) is 29.3 Å². The second-order valence-corrected chi connectivity index (χ2v) is 7.11. The number of sulfonamides is 1. The number of nitrogens with two attached hydrogens (primary N) is 1. The van der Waals surface area contributed by atoms with Crippen molar-refractivity contribution in [2.75, 3.05) is 6.54 Å². The summed E-state index contributed by atoms with van der Waals surface area (Å²) in [5.41, 5.74) is 7.78. The topological polar surface area (TPSA) is 72.2 Å². The largest absolute Gasteiger partial charge is 0.330 e. The van der Waals surface area contributed by atoms with Crippen molar-refractivity contribution >= 4 is 10.0 Å². The van der Waals surface area contributed by atoms with E-state index < -0.39 is 10.0 Å². The van der Waals surface area contributed by atoms with Crippen molar-refractivity contribution in [1.29, 1.82) is 0 Å². The SMILES string of the molecule is Cc1ccc(S(=O)(=O)NC2CCCC2CN)cc1C. The van der Waals surface area contributed by atoms with Gasteiger partial charge >= 0.3 is 0 Å². The molecule has 0 bridgehead atoms. The van der Waals surface area contributed by atoms with Crippen LogP contribution in [0.2, 0.25) is 0 Å². The van der Waals surface area contributed by atoms with Crippen LogP contribution >= 0.6 is 0 Å². The molecule has 1 aromatic rings. The van der Waals surface area contributed by atoms with E-state index in [0.29, 0.717) is 11.4 Å². The maximum absolute atomic E-state index is 12.4. The van der Waals surface area contributed by atoms with Gasteiger partial charge in [-0.3, -0.25) is 0 Å². The molecule has 2 atom stereocenters. The first-order valence-electron chi connectivity index (χ1n) is 6.73. The molecule has 2 rings (SSSR count). The molecule has 0 aliphatic heterocycles. The second kappa shape index (κ2) is 5.61. The Labute approximate surface area is 115 Å². The molecule has 1 saturated carbocycles. The number of hydrogen-bond donors (Lipinski definition) is 2. The van der Waals surface area contributed by atoms with Crippen molar-refractivity contribution < 1.29 is 8.42 Å². The summed E-state index contributed by atoms with van der Waals surface area (Å²) in [5.74, 6) is 0.265. The van der Waals surface area contributed by atoms with Crippen LogP contribution in [0, 0.1) is 19.8 Å². The van der Waals surface area contributed by atoms with Gasteiger partial charge in [0.15, 0.2) is 0 Å². The summed E-state index contributed by atoms with van der Waals surface area (Å²) < 4.78 is 27.5. The van der Waals surface area contributed by atoms with Gasteiger partial charge in [-0.25, -0.2) is 13.1 Å². The van der Waals surface area contributed by atoms with Gasteiger partial charge in [-0.2, -0.15) is 0 Å². The summed E-state index contributed by atoms with van der Waals surface area (Å²) in [6.45, 7) is 4.44. The quantitative estimate of drug-likeness (QED) is 0.883. The van der Waals surface area contributed by atoms with Gasteiger partial charge in [0.05, 0.1) is 4.90 Å². The highest BCUT2D eigenvalue weighted by molar-refractivity contribution is 7.89. The minimum Gasteiger partial charge on any atom is -0.330 e. The predicted octanol–water partition coefficient (Wildman–Crippen LogP) is 1.71. The molecule has 3 N–H and O–H groups in total. The monoisotopic (exact) mass is 282 g/mol. The molecular formula is C14H22N2O2S. The molecule has 5 heteroatoms. The highest BCUT2D eigenvalue weighted by Crippen LogP contribution is 2.26. The van der Waals surface area contributed by atoms with Gasteiger partial charge in [0.1, 0.15) is 0 Å². The van der Waals surface area contributed by atoms with Crippen LogP contribution in [0.4, 0.5) is 0 Å². The first-order valence-corrected chi connectivity index (χ1v) is 8.22. The first-order chi connectivity index (χ1) is 8.94. The lowest BCUT2D eigenvalue weighted by atomic mass is 10.1. The molecule has 1 aromatic carbocycles. The molecule has 2 unspecified atom stereocenters. The summed E-state index contributed by atoms with van der Waals surface area (Å²) in [5, 5.41) is 0. The Morgan fingerprint density at radius 3 is 2.63 bits per heavy atom. The lowest BCUT2D eigenvalue weighted by molar-refractivity contribution is 0.453. The van der Waals surface area contributed by atoms with E-state index in [1.54, 1.807) is 12.1 Å². The van der Waals surface area contributed by atoms with Crippen LogP contribution in [0.15, 0.2) is 23.1 Å². The summed E-state index contributed by atoms with van der Waals surface area (Å²) in [6, 6.07) is 5.22. The van der Waals surface area contributed by atoms with Gasteiger partial charge in [-0.05, 0) is 62.4 Å². The van der Waals surface area contributed by atoms with E-state index in [2.05, 4.69) is 4.72 Å². The van der Waals surface area contributed by atoms with E-state index in [-0.39, 0.29) is 12.0 Å². The van der Waals surface area contributed by atoms with E-state index in [9.17, 15) is 8.42 Å². The normalized spacial score (nSPS) is 23.7. The minimum absolute atomic E-state index is 0.0170. The average Bonchev–Trinajstić information content (AvgIpc) is 2.79. The van der Waals surface area contributed by atoms with E-state index in [0.717, 1.165) is 30.4 Å². The van der Waals surface area contributed by atoms with Crippen molar-refractivity contribution in [1.82, 2.24) is 4.72 Å². The van der Waals surface area contributed by atoms with Gasteiger partial charge in [0.2, 0.25) is 10.0 Å². The Morgan fingerprint density at radius 2 is 2.00 bits per heavy atom. The molecule has 0 aromatic heterocycles. The van der Waals surface area contributed by atoms with Gasteiger partial charge in [-0.1, -0.05) is 12.5 Å². The Bertz CT molecular complexity index is 555. The maximum atomic E-state index is 12.4. The van der Waals surface area contributed by atoms with Crippen LogP contribution in [-0.4, -0.2) is 21.0 Å². The zero-order valence-electron chi connectivity index (χ0n) is 11.5. The van der Waals surface area contributed by atoms with Crippen LogP contribution < -0.4 is 10.5 Å². The summed E-state index contributed by atoms with van der Waals surface area (Å²) in [4.78, 5) is 0.346. The first kappa shape index (κ1) is 14.5. The van der Waals surface area contributed by atoms with Crippen molar-refractivity contribution in [3.8, 4) is 0 Å². The molecule has 1 aliphatic carbocycles. The number of nitrogens with one attached hydrogen (secondary N) is 1. The summed E-state index contributed by atoms with van der Waals surface area (Å²) in [6.07, 6.45) is 2.94. The number of hydrogen-bond acceptors (Lipinski definition) is 3. The molecule has 1 fully saturated rings. The summed E-state index contributed by atoms with van der Waals surface area (Å²) in [7, 11) is -3.43. The van der Waals surface area contributed by atoms with Gasteiger partial charge in [0.25, 0.3) is 0 Å². The zero-order valence-corrected chi connectivity index (χ0v) is 12.3. The van der Waals surface area contributed by atoms with Crippen LogP contribution in [0.1, 0.15) is 30.4 Å². The van der Waals surface area contributed by atoms with E-state index >= 15 is 0 Å². The fourth-order valence-corrected chi connectivity index (χ4v) is 4.05. The van der Waals surface area contributed by atoms with E-state index in [1.165, 1.54) is 0 Å². The zero-order chi connectivity index (χ0) is 14.0. The van der Waals surface area contributed by atoms with Gasteiger partial charge in [0, 0.05) is 6.04 Å². The number of rotatable bonds is 4. The fourth-order valence-electron chi connectivity index (χ4n) is 2.62. The standard InChI is InChI=1S/C14H22N2O2S/c1-10-6-7-13(8-11(10)2)19(17,18)16-14-5-3-4-12(14)9-15/h6-8,12,14,16H,3-5,9,15H2,1-2H3. The average molecular weight is 282 g/mol. The van der Waals surface area contributed by atoms with Crippen LogP contribution in [0.5, 0.6) is 0 Å². The third-order valence-electron chi connectivity index (χ3n) is 4.06. The molecule has 0 amide bonds. The Kier molecular flexibility index (Phi) is 4.28. The van der Waals surface area contributed by atoms with Crippen molar-refractivity contribution in [3.63, 3.8) is 0 Å². The maximum Gasteiger partial charge on any atom is 0.240 e. The van der Waals surface area contributed by atoms with Gasteiger partial charge < -0.3 is 5.73 Å². The predicted molar refractivity (Wildman–Crippen MR) is 76.4 cm³/mol. The van der Waals surface area contributed by atoms with Crippen molar-refractivity contribution in [2.24, 2.45) is 11.7 Å². The third kappa shape index (κ3) is 3.16. The number of benzene rings is 1. The lowest BCUT2D eigenvalue weighted by Gasteiger charge is -2.19. The van der Waals surface area contributed by atoms with E-state index in [1.807, 2.05) is 19.9 Å².